The molecule has 236 valence electrons. The molecule has 2 aliphatic heterocycles. The number of phenolic OH excluding ortho intramolecular Hbond substituents is 2. The zero-order chi connectivity index (χ0) is 32.4. The molecule has 0 amide bonds. The van der Waals surface area contributed by atoms with Crippen molar-refractivity contribution in [1.82, 2.24) is 0 Å². The Morgan fingerprint density at radius 3 is 2.38 bits per heavy atom. The summed E-state index contributed by atoms with van der Waals surface area (Å²) in [6.07, 6.45) is 5.86. The number of fused-ring (bicyclic) bond motifs is 1. The Morgan fingerprint density at radius 1 is 1.04 bits per heavy atom. The third-order valence-corrected chi connectivity index (χ3v) is 9.67. The lowest BCUT2D eigenvalue weighted by atomic mass is 9.49. The zero-order valence-electron chi connectivity index (χ0n) is 26.5. The summed E-state index contributed by atoms with van der Waals surface area (Å²) in [5.74, 6) is -3.57. The third kappa shape index (κ3) is 4.50. The Morgan fingerprint density at radius 2 is 1.73 bits per heavy atom. The quantitative estimate of drug-likeness (QED) is 0.300. The van der Waals surface area contributed by atoms with Gasteiger partial charge in [-0.05, 0) is 58.4 Å². The molecule has 5 unspecified atom stereocenters. The molecule has 1 saturated heterocycles. The molecule has 4 bridgehead atoms. The molecule has 5 atom stereocenters. The van der Waals surface area contributed by atoms with Gasteiger partial charge in [0.2, 0.25) is 0 Å². The molecule has 9 heteroatoms. The van der Waals surface area contributed by atoms with Gasteiger partial charge < -0.3 is 29.3 Å². The molecular formula is C36H39NO8. The van der Waals surface area contributed by atoms with E-state index in [9.17, 15) is 24.6 Å². The van der Waals surface area contributed by atoms with Gasteiger partial charge in [-0.15, -0.1) is 0 Å². The van der Waals surface area contributed by atoms with E-state index in [1.807, 2.05) is 71.0 Å². The van der Waals surface area contributed by atoms with Crippen molar-refractivity contribution in [1.29, 1.82) is 0 Å². The van der Waals surface area contributed by atoms with Gasteiger partial charge in [0.1, 0.15) is 22.8 Å². The standard InChI is InChI=1S/C36H39NO8/c1-19(2)7-12-23-28(38)16-29(39)30-31(40)26-15-24-25(17-43-34(42)21-8-10-22(11-9-21)37(5)6)27-18-44-35(33(24)41,14-13-20(3)4)36(26,27)45-32(23)30/h7-11,13,15-16,24-25,27,38-39H,12,14,17-18H2,1-6H3. The molecule has 2 fully saturated rings. The molecule has 0 radical (unpaired) electrons. The third-order valence-electron chi connectivity index (χ3n) is 9.67. The summed E-state index contributed by atoms with van der Waals surface area (Å²) in [6, 6.07) is 8.21. The van der Waals surface area contributed by atoms with E-state index in [0.717, 1.165) is 22.9 Å². The summed E-state index contributed by atoms with van der Waals surface area (Å²) in [5.41, 5.74) is 0.807. The minimum absolute atomic E-state index is 0.0391. The number of carbonyl (C=O) groups excluding carboxylic acids is 3. The second-order valence-corrected chi connectivity index (χ2v) is 13.2. The monoisotopic (exact) mass is 613 g/mol. The van der Waals surface area contributed by atoms with Crippen molar-refractivity contribution >= 4 is 23.2 Å². The number of esters is 1. The first kappa shape index (κ1) is 30.6. The molecule has 1 spiro atoms. The summed E-state index contributed by atoms with van der Waals surface area (Å²) in [4.78, 5) is 43.8. The SMILES string of the molecule is CC(C)=CCc1c(O)cc(O)c2c1OC13C(=CC4C(=O)C1(CC=C(C)C)OCC3C4COC(=O)c1ccc(N(C)C)cc1)C2=O. The maximum Gasteiger partial charge on any atom is 0.338 e. The molecular weight excluding hydrogens is 574 g/mol. The van der Waals surface area contributed by atoms with Gasteiger partial charge in [0, 0.05) is 61.2 Å². The summed E-state index contributed by atoms with van der Waals surface area (Å²) in [6.45, 7) is 7.71. The number of hydrogen-bond donors (Lipinski definition) is 2. The van der Waals surface area contributed by atoms with Crippen LogP contribution in [-0.4, -0.2) is 66.3 Å². The molecule has 2 aromatic rings. The van der Waals surface area contributed by atoms with Crippen LogP contribution in [0.15, 0.2) is 65.3 Å². The molecule has 7 rings (SSSR count). The lowest BCUT2D eigenvalue weighted by Gasteiger charge is -2.58. The molecule has 5 aliphatic rings. The largest absolute Gasteiger partial charge is 0.507 e. The fourth-order valence-electron chi connectivity index (χ4n) is 7.36. The maximum atomic E-state index is 14.5. The second kappa shape index (κ2) is 10.9. The van der Waals surface area contributed by atoms with Crippen molar-refractivity contribution in [2.75, 3.05) is 32.2 Å². The molecule has 45 heavy (non-hydrogen) atoms. The Balaban J connectivity index is 1.44. The topological polar surface area (TPSA) is 123 Å². The van der Waals surface area contributed by atoms with Crippen LogP contribution in [-0.2, 0) is 20.7 Å². The van der Waals surface area contributed by atoms with Crippen LogP contribution in [0.25, 0.3) is 0 Å². The Hall–Kier alpha value is -4.37. The predicted octanol–water partition coefficient (Wildman–Crippen LogP) is 5.34. The normalized spacial score (nSPS) is 27.2. The lowest BCUT2D eigenvalue weighted by molar-refractivity contribution is -0.172. The Kier molecular flexibility index (Phi) is 7.43. The fraction of sp³-hybridized carbons (Fsp3) is 0.417. The molecule has 2 N–H and O–H groups in total. The maximum absolute atomic E-state index is 14.5. The number of anilines is 1. The average molecular weight is 614 g/mol. The van der Waals surface area contributed by atoms with Gasteiger partial charge >= 0.3 is 5.97 Å². The second-order valence-electron chi connectivity index (χ2n) is 13.2. The number of ketones is 2. The van der Waals surface area contributed by atoms with Crippen LogP contribution in [0.5, 0.6) is 17.2 Å². The molecule has 2 aromatic carbocycles. The summed E-state index contributed by atoms with van der Waals surface area (Å²) >= 11 is 0. The number of nitrogens with zero attached hydrogens (tertiary/aromatic N) is 1. The van der Waals surface area contributed by atoms with Gasteiger partial charge in [0.25, 0.3) is 0 Å². The molecule has 0 aromatic heterocycles. The number of benzene rings is 2. The van der Waals surface area contributed by atoms with E-state index in [1.165, 1.54) is 0 Å². The van der Waals surface area contributed by atoms with Crippen molar-refractivity contribution in [3.63, 3.8) is 0 Å². The minimum atomic E-state index is -1.54. The van der Waals surface area contributed by atoms with Gasteiger partial charge in [-0.1, -0.05) is 29.4 Å². The van der Waals surface area contributed by atoms with Gasteiger partial charge in [-0.25, -0.2) is 4.79 Å². The minimum Gasteiger partial charge on any atom is -0.507 e. The van der Waals surface area contributed by atoms with Crippen molar-refractivity contribution < 1.29 is 38.8 Å². The summed E-state index contributed by atoms with van der Waals surface area (Å²) in [7, 11) is 3.82. The van der Waals surface area contributed by atoms with Gasteiger partial charge in [0.15, 0.2) is 22.8 Å². The predicted molar refractivity (Wildman–Crippen MR) is 168 cm³/mol. The fourth-order valence-corrected chi connectivity index (χ4v) is 7.36. The van der Waals surface area contributed by atoms with Crippen molar-refractivity contribution in [3.8, 4) is 17.2 Å². The number of rotatable bonds is 8. The van der Waals surface area contributed by atoms with Crippen LogP contribution in [0.4, 0.5) is 5.69 Å². The first-order valence-corrected chi connectivity index (χ1v) is 15.3. The average Bonchev–Trinajstić information content (AvgIpc) is 3.27. The van der Waals surface area contributed by atoms with E-state index in [0.29, 0.717) is 11.1 Å². The highest BCUT2D eigenvalue weighted by Gasteiger charge is 2.79. The van der Waals surface area contributed by atoms with Crippen LogP contribution < -0.4 is 9.64 Å². The van der Waals surface area contributed by atoms with Crippen molar-refractivity contribution in [2.24, 2.45) is 17.8 Å². The van der Waals surface area contributed by atoms with E-state index >= 15 is 0 Å². The smallest absolute Gasteiger partial charge is 0.338 e. The van der Waals surface area contributed by atoms with E-state index in [4.69, 9.17) is 14.2 Å². The van der Waals surface area contributed by atoms with Crippen LogP contribution >= 0.6 is 0 Å². The zero-order valence-corrected chi connectivity index (χ0v) is 26.5. The highest BCUT2D eigenvalue weighted by Crippen LogP contribution is 2.65. The van der Waals surface area contributed by atoms with Crippen LogP contribution in [0.2, 0.25) is 0 Å². The summed E-state index contributed by atoms with van der Waals surface area (Å²) < 4.78 is 19.2. The van der Waals surface area contributed by atoms with Crippen LogP contribution in [0, 0.1) is 17.8 Å². The van der Waals surface area contributed by atoms with Crippen molar-refractivity contribution in [3.05, 3.63) is 82.0 Å². The van der Waals surface area contributed by atoms with Crippen molar-refractivity contribution in [2.45, 2.75) is 51.7 Å². The number of allylic oxidation sites excluding steroid dienone is 4. The highest BCUT2D eigenvalue weighted by molar-refractivity contribution is 6.18. The molecule has 1 saturated carbocycles. The Labute approximate surface area is 262 Å². The van der Waals surface area contributed by atoms with Gasteiger partial charge in [-0.2, -0.15) is 0 Å². The van der Waals surface area contributed by atoms with Gasteiger partial charge in [0.05, 0.1) is 18.8 Å². The highest BCUT2D eigenvalue weighted by atomic mass is 16.6. The first-order valence-electron chi connectivity index (χ1n) is 15.3. The van der Waals surface area contributed by atoms with E-state index < -0.39 is 46.5 Å². The van der Waals surface area contributed by atoms with Gasteiger partial charge in [-0.3, -0.25) is 9.59 Å². The Bertz CT molecular complexity index is 1690. The van der Waals surface area contributed by atoms with E-state index in [2.05, 4.69) is 0 Å². The lowest BCUT2D eigenvalue weighted by Crippen LogP contribution is -2.74. The van der Waals surface area contributed by atoms with E-state index in [1.54, 1.807) is 18.2 Å². The number of hydrogen-bond acceptors (Lipinski definition) is 9. The van der Waals surface area contributed by atoms with Crippen LogP contribution in [0.1, 0.15) is 60.4 Å². The van der Waals surface area contributed by atoms with E-state index in [-0.39, 0.29) is 54.5 Å². The molecule has 3 aliphatic carbocycles. The molecule has 2 heterocycles. The number of ether oxygens (including phenoxy) is 3. The van der Waals surface area contributed by atoms with Crippen LogP contribution in [0.3, 0.4) is 0 Å². The number of phenols is 2. The summed E-state index contributed by atoms with van der Waals surface area (Å²) in [5, 5.41) is 21.8. The molecule has 9 nitrogen and oxygen atoms in total. The first-order chi connectivity index (χ1) is 21.3. The number of carbonyl (C=O) groups is 3. The number of aromatic hydroxyl groups is 2. The number of Topliss-reactive ketones (excluding diaryl/α,β-unsaturated/α-hetero) is 2.